The van der Waals surface area contributed by atoms with E-state index in [0.29, 0.717) is 4.99 Å². The summed E-state index contributed by atoms with van der Waals surface area (Å²) in [4.78, 5) is 0.465. The van der Waals surface area contributed by atoms with Crippen LogP contribution >= 0.6 is 12.2 Å². The van der Waals surface area contributed by atoms with Crippen LogP contribution < -0.4 is 11.1 Å². The molecule has 0 unspecified atom stereocenters. The monoisotopic (exact) mass is 234 g/mol. The van der Waals surface area contributed by atoms with E-state index in [1.807, 2.05) is 24.3 Å². The Hall–Kier alpha value is -1.09. The molecule has 0 atom stereocenters. The van der Waals surface area contributed by atoms with E-state index in [-0.39, 0.29) is 0 Å². The van der Waals surface area contributed by atoms with Gasteiger partial charge in [0.05, 0.1) is 0 Å². The Kier molecular flexibility index (Phi) is 3.78. The molecule has 2 nitrogen and oxygen atoms in total. The lowest BCUT2D eigenvalue weighted by molar-refractivity contribution is 0.303. The van der Waals surface area contributed by atoms with Gasteiger partial charge in [0.25, 0.3) is 0 Å². The average Bonchev–Trinajstić information content (AvgIpc) is 2.22. The lowest BCUT2D eigenvalue weighted by atomic mass is 9.83. The largest absolute Gasteiger partial charge is 0.389 e. The van der Waals surface area contributed by atoms with Gasteiger partial charge in [-0.1, -0.05) is 43.6 Å². The lowest BCUT2D eigenvalue weighted by Gasteiger charge is -2.25. The molecule has 1 aliphatic carbocycles. The summed E-state index contributed by atoms with van der Waals surface area (Å²) in [5, 5.41) is 3.43. The minimum absolute atomic E-state index is 0.465. The minimum Gasteiger partial charge on any atom is -0.389 e. The van der Waals surface area contributed by atoms with Crippen molar-refractivity contribution in [3.8, 4) is 0 Å². The highest BCUT2D eigenvalue weighted by molar-refractivity contribution is 7.80. The van der Waals surface area contributed by atoms with Crippen LogP contribution in [0.5, 0.6) is 0 Å². The van der Waals surface area contributed by atoms with E-state index in [1.54, 1.807) is 0 Å². The molecular weight excluding hydrogens is 216 g/mol. The van der Waals surface area contributed by atoms with Crippen LogP contribution in [0.15, 0.2) is 24.3 Å². The van der Waals surface area contributed by atoms with Gasteiger partial charge in [-0.2, -0.15) is 0 Å². The third-order valence-electron chi connectivity index (χ3n) is 3.29. The summed E-state index contributed by atoms with van der Waals surface area (Å²) in [7, 11) is 0. The lowest BCUT2D eigenvalue weighted by Crippen LogP contribution is -2.17. The van der Waals surface area contributed by atoms with Gasteiger partial charge in [-0.05, 0) is 24.5 Å². The number of hydrogen-bond acceptors (Lipinski definition) is 2. The fraction of sp³-hybridized carbons (Fsp3) is 0.462. The van der Waals surface area contributed by atoms with Crippen molar-refractivity contribution in [2.24, 2.45) is 11.7 Å². The molecule has 16 heavy (non-hydrogen) atoms. The number of benzene rings is 1. The molecule has 3 N–H and O–H groups in total. The van der Waals surface area contributed by atoms with Crippen molar-refractivity contribution in [1.29, 1.82) is 0 Å². The van der Waals surface area contributed by atoms with Gasteiger partial charge >= 0.3 is 0 Å². The number of hydrogen-bond donors (Lipinski definition) is 2. The maximum atomic E-state index is 5.67. The summed E-state index contributed by atoms with van der Waals surface area (Å²) in [5.41, 5.74) is 7.69. The Morgan fingerprint density at radius 1 is 1.38 bits per heavy atom. The Morgan fingerprint density at radius 2 is 2.12 bits per heavy atom. The van der Waals surface area contributed by atoms with Gasteiger partial charge in [-0.25, -0.2) is 0 Å². The number of para-hydroxylation sites is 1. The minimum atomic E-state index is 0.465. The van der Waals surface area contributed by atoms with Gasteiger partial charge in [-0.3, -0.25) is 0 Å². The molecule has 3 heteroatoms. The first kappa shape index (κ1) is 11.4. The molecule has 0 aromatic heterocycles. The fourth-order valence-corrected chi connectivity index (χ4v) is 2.22. The molecular formula is C13H18N2S. The summed E-state index contributed by atoms with van der Waals surface area (Å²) in [5.74, 6) is 0.935. The molecule has 1 aromatic rings. The van der Waals surface area contributed by atoms with Crippen LogP contribution in [0.25, 0.3) is 0 Å². The molecule has 1 aliphatic rings. The van der Waals surface area contributed by atoms with Gasteiger partial charge in [0.2, 0.25) is 0 Å². The summed E-state index contributed by atoms with van der Waals surface area (Å²) in [6.07, 6.45) is 5.47. The highest BCUT2D eigenvalue weighted by atomic mass is 32.1. The van der Waals surface area contributed by atoms with E-state index in [9.17, 15) is 0 Å². The number of anilines is 1. The van der Waals surface area contributed by atoms with Crippen LogP contribution in [-0.4, -0.2) is 11.5 Å². The number of nitrogens with one attached hydrogen (secondary N) is 1. The molecule has 0 spiro atoms. The van der Waals surface area contributed by atoms with Crippen molar-refractivity contribution in [3.05, 3.63) is 29.8 Å². The smallest absolute Gasteiger partial charge is 0.106 e. The van der Waals surface area contributed by atoms with Crippen LogP contribution in [0, 0.1) is 5.92 Å². The van der Waals surface area contributed by atoms with Crippen LogP contribution in [0.3, 0.4) is 0 Å². The Morgan fingerprint density at radius 3 is 2.75 bits per heavy atom. The maximum Gasteiger partial charge on any atom is 0.106 e. The molecule has 2 rings (SSSR count). The second kappa shape index (κ2) is 5.30. The van der Waals surface area contributed by atoms with E-state index in [1.165, 1.54) is 25.7 Å². The van der Waals surface area contributed by atoms with Crippen LogP contribution in [-0.2, 0) is 0 Å². The van der Waals surface area contributed by atoms with Crippen molar-refractivity contribution in [3.63, 3.8) is 0 Å². The summed E-state index contributed by atoms with van der Waals surface area (Å²) in [6.45, 7) is 1.02. The second-order valence-electron chi connectivity index (χ2n) is 4.42. The zero-order chi connectivity index (χ0) is 11.4. The molecule has 0 heterocycles. The predicted molar refractivity (Wildman–Crippen MR) is 72.8 cm³/mol. The van der Waals surface area contributed by atoms with E-state index in [2.05, 4.69) is 5.32 Å². The van der Waals surface area contributed by atoms with Crippen LogP contribution in [0.1, 0.15) is 31.2 Å². The third kappa shape index (κ3) is 2.73. The Bertz CT molecular complexity index is 372. The highest BCUT2D eigenvalue weighted by Crippen LogP contribution is 2.29. The zero-order valence-corrected chi connectivity index (χ0v) is 10.2. The van der Waals surface area contributed by atoms with Gasteiger partial charge in [0.15, 0.2) is 0 Å². The second-order valence-corrected chi connectivity index (χ2v) is 4.86. The van der Waals surface area contributed by atoms with E-state index < -0.39 is 0 Å². The van der Waals surface area contributed by atoms with Gasteiger partial charge in [0, 0.05) is 17.8 Å². The maximum absolute atomic E-state index is 5.67. The van der Waals surface area contributed by atoms with Crippen LogP contribution in [0.4, 0.5) is 5.69 Å². The fourth-order valence-electron chi connectivity index (χ4n) is 2.04. The summed E-state index contributed by atoms with van der Waals surface area (Å²) >= 11 is 5.02. The number of rotatable bonds is 5. The average molecular weight is 234 g/mol. The SMILES string of the molecule is NC(=S)c1ccccc1NCCC1CCC1. The zero-order valence-electron chi connectivity index (χ0n) is 9.41. The molecule has 1 saturated carbocycles. The van der Waals surface area contributed by atoms with Crippen molar-refractivity contribution in [2.75, 3.05) is 11.9 Å². The molecule has 0 bridgehead atoms. The molecule has 86 valence electrons. The summed E-state index contributed by atoms with van der Waals surface area (Å²) < 4.78 is 0. The highest BCUT2D eigenvalue weighted by Gasteiger charge is 2.16. The predicted octanol–water partition coefficient (Wildman–Crippen LogP) is 2.92. The van der Waals surface area contributed by atoms with Crippen molar-refractivity contribution in [2.45, 2.75) is 25.7 Å². The molecule has 0 saturated heterocycles. The molecule has 0 radical (unpaired) electrons. The summed E-state index contributed by atoms with van der Waals surface area (Å²) in [6, 6.07) is 7.97. The molecule has 0 amide bonds. The number of nitrogens with two attached hydrogens (primary N) is 1. The quantitative estimate of drug-likeness (QED) is 0.769. The van der Waals surface area contributed by atoms with Crippen molar-refractivity contribution in [1.82, 2.24) is 0 Å². The third-order valence-corrected chi connectivity index (χ3v) is 3.51. The molecule has 1 aromatic carbocycles. The first-order valence-electron chi connectivity index (χ1n) is 5.90. The van der Waals surface area contributed by atoms with E-state index in [4.69, 9.17) is 18.0 Å². The van der Waals surface area contributed by atoms with Crippen molar-refractivity contribution < 1.29 is 0 Å². The van der Waals surface area contributed by atoms with Gasteiger partial charge < -0.3 is 11.1 Å². The first-order chi connectivity index (χ1) is 7.77. The van der Waals surface area contributed by atoms with Crippen molar-refractivity contribution >= 4 is 22.9 Å². The first-order valence-corrected chi connectivity index (χ1v) is 6.31. The molecule has 1 fully saturated rings. The van der Waals surface area contributed by atoms with Gasteiger partial charge in [-0.15, -0.1) is 0 Å². The van der Waals surface area contributed by atoms with Gasteiger partial charge in [0.1, 0.15) is 4.99 Å². The normalized spacial score (nSPS) is 15.5. The van der Waals surface area contributed by atoms with E-state index in [0.717, 1.165) is 23.7 Å². The van der Waals surface area contributed by atoms with Crippen LogP contribution in [0.2, 0.25) is 0 Å². The van der Waals surface area contributed by atoms with E-state index >= 15 is 0 Å². The topological polar surface area (TPSA) is 38.0 Å². The Balaban J connectivity index is 1.89. The standard InChI is InChI=1S/C13H18N2S/c14-13(16)11-6-1-2-7-12(11)15-9-8-10-4-3-5-10/h1-2,6-7,10,15H,3-5,8-9H2,(H2,14,16). The molecule has 0 aliphatic heterocycles. The Labute approximate surface area is 102 Å². The number of thiocarbonyl (C=S) groups is 1.